The molecule has 1 aliphatic rings. The predicted octanol–water partition coefficient (Wildman–Crippen LogP) is -7.10. The number of H-pyrrole nitrogens is 1. The van der Waals surface area contributed by atoms with E-state index < -0.39 is 120 Å². The first-order valence-electron chi connectivity index (χ1n) is 23.9. The molecule has 1 aromatic heterocycles. The normalized spacial score (nSPS) is 16.3. The van der Waals surface area contributed by atoms with Crippen molar-refractivity contribution in [1.29, 1.82) is 0 Å². The number of carboxylic acids is 1. The van der Waals surface area contributed by atoms with Gasteiger partial charge in [-0.15, -0.1) is 0 Å². The van der Waals surface area contributed by atoms with Crippen LogP contribution in [0.4, 0.5) is 0 Å². The van der Waals surface area contributed by atoms with Crippen molar-refractivity contribution in [3.63, 3.8) is 0 Å². The molecule has 72 heavy (non-hydrogen) atoms. The van der Waals surface area contributed by atoms with Crippen LogP contribution in [0.1, 0.15) is 83.2 Å². The molecule has 1 saturated heterocycles. The molecule has 2 heterocycles. The molecule has 0 saturated carbocycles. The molecule has 0 aromatic carbocycles. The molecule has 1 aromatic rings. The van der Waals surface area contributed by atoms with Crippen LogP contribution < -0.4 is 77.4 Å². The van der Waals surface area contributed by atoms with Crippen molar-refractivity contribution in [1.82, 2.24) is 52.1 Å². The predicted molar refractivity (Wildman–Crippen MR) is 262 cm³/mol. The van der Waals surface area contributed by atoms with Gasteiger partial charge in [0.1, 0.15) is 41.9 Å². The van der Waals surface area contributed by atoms with E-state index in [1.165, 1.54) is 30.4 Å². The number of nitrogens with zero attached hydrogens (tertiary/aromatic N) is 3. The van der Waals surface area contributed by atoms with Gasteiger partial charge in [0.2, 0.25) is 47.3 Å². The molecule has 0 aliphatic carbocycles. The van der Waals surface area contributed by atoms with E-state index in [0.717, 1.165) is 0 Å². The van der Waals surface area contributed by atoms with Crippen LogP contribution in [0.25, 0.3) is 0 Å². The van der Waals surface area contributed by atoms with Crippen molar-refractivity contribution in [2.75, 3.05) is 45.8 Å². The molecular formula is C43H76N18O11. The summed E-state index contributed by atoms with van der Waals surface area (Å²) in [5.74, 6) is -8.00. The lowest BCUT2D eigenvalue weighted by Gasteiger charge is -2.30. The van der Waals surface area contributed by atoms with Gasteiger partial charge in [0.25, 0.3) is 0 Å². The SMILES string of the molecule is CC(NC(=O)[C@@H](NC(=O)C(N)CCCCN)C(O)CN)C(=O)NCC(=O)N[C@H](CCCN)C(=O)N1CCC[C@H]1C(=O)N[C@@H](Cc1cnc[nH]1)C(=O)N[C@@H](CCCCN)C(=O)N/C(=C\CCN=C(N)N)C(=O)O. The van der Waals surface area contributed by atoms with Crippen LogP contribution >= 0.6 is 0 Å². The topological polar surface area (TPSA) is 505 Å². The lowest BCUT2D eigenvalue weighted by Crippen LogP contribution is -2.60. The molecule has 1 fully saturated rings. The maximum atomic E-state index is 14.1. The Balaban J connectivity index is 2.20. The maximum Gasteiger partial charge on any atom is 0.352 e. The number of carboxylic acid groups (broad SMARTS) is 1. The van der Waals surface area contributed by atoms with Crippen molar-refractivity contribution in [3.8, 4) is 0 Å². The first-order chi connectivity index (χ1) is 34.3. The number of aromatic nitrogens is 2. The minimum atomic E-state index is -1.56. The number of hydrogen-bond acceptors (Lipinski definition) is 17. The van der Waals surface area contributed by atoms with Gasteiger partial charge in [-0.25, -0.2) is 9.78 Å². The molecule has 0 radical (unpaired) electrons. The first-order valence-corrected chi connectivity index (χ1v) is 23.9. The van der Waals surface area contributed by atoms with Gasteiger partial charge in [0.05, 0.1) is 25.0 Å². The molecular weight excluding hydrogens is 945 g/mol. The first kappa shape index (κ1) is 61.3. The number of imidazole rings is 1. The Morgan fingerprint density at radius 3 is 2.10 bits per heavy atom. The molecule has 404 valence electrons. The van der Waals surface area contributed by atoms with Crippen LogP contribution in [0.5, 0.6) is 0 Å². The molecule has 8 atom stereocenters. The number of unbranched alkanes of at least 4 members (excludes halogenated alkanes) is 2. The summed E-state index contributed by atoms with van der Waals surface area (Å²) in [4.78, 5) is 132. The van der Waals surface area contributed by atoms with Gasteiger partial charge in [-0.05, 0) is 90.8 Å². The molecule has 1 aliphatic heterocycles. The fourth-order valence-corrected chi connectivity index (χ4v) is 7.33. The van der Waals surface area contributed by atoms with Crippen LogP contribution in [-0.4, -0.2) is 178 Å². The van der Waals surface area contributed by atoms with E-state index in [2.05, 4.69) is 52.2 Å². The third-order valence-corrected chi connectivity index (χ3v) is 11.3. The fraction of sp³-hybridized carbons (Fsp3) is 0.651. The van der Waals surface area contributed by atoms with E-state index in [1.807, 2.05) is 0 Å². The van der Waals surface area contributed by atoms with E-state index in [4.69, 9.17) is 40.1 Å². The van der Waals surface area contributed by atoms with Gasteiger partial charge in [-0.3, -0.25) is 43.3 Å². The lowest BCUT2D eigenvalue weighted by molar-refractivity contribution is -0.142. The standard InChI is InChI=1S/C43H76N18O11/c1-24(55-40(69)34(32(62)20-47)60-36(65)26(48)9-2-4-14-44)35(64)53-22-33(63)56-28(11-6-16-46)41(70)61-18-8-13-31(61)39(68)59-30(19-25-21-51-23-54-25)38(67)57-27(10-3-5-15-45)37(66)58-29(42(71)72)12-7-17-52-43(49)50/h12,21,23-24,26-28,30-32,34,62H,2-11,13-20,22,44-48H2,1H3,(H,51,54)(H,53,64)(H,55,69)(H,56,63)(H,57,67)(H,58,66)(H,59,68)(H,60,65)(H,71,72)(H4,49,50,52)/b29-12-/t24?,26?,27-,28+,30-,31-,32?,34-/m0/s1. The maximum absolute atomic E-state index is 14.1. The Kier molecular flexibility index (Phi) is 28.1. The number of aliphatic imine (C=N–C) groups is 1. The summed E-state index contributed by atoms with van der Waals surface area (Å²) < 4.78 is 0. The number of carbonyl (C=O) groups excluding carboxylic acids is 8. The average Bonchev–Trinajstić information content (AvgIpc) is 4.06. The van der Waals surface area contributed by atoms with Gasteiger partial charge >= 0.3 is 5.97 Å². The quantitative estimate of drug-likeness (QED) is 0.0132. The number of aliphatic carboxylic acids is 1. The minimum Gasteiger partial charge on any atom is -0.477 e. The van der Waals surface area contributed by atoms with Crippen LogP contribution in [-0.2, 0) is 49.6 Å². The molecule has 8 amide bonds. The Morgan fingerprint density at radius 1 is 0.819 bits per heavy atom. The van der Waals surface area contributed by atoms with Gasteiger partial charge in [-0.2, -0.15) is 0 Å². The third kappa shape index (κ3) is 21.7. The van der Waals surface area contributed by atoms with Crippen molar-refractivity contribution in [2.45, 2.75) is 132 Å². The van der Waals surface area contributed by atoms with Gasteiger partial charge in [0.15, 0.2) is 5.96 Å². The zero-order valence-corrected chi connectivity index (χ0v) is 40.7. The second-order valence-electron chi connectivity index (χ2n) is 17.1. The monoisotopic (exact) mass is 1020 g/mol. The minimum absolute atomic E-state index is 0.0425. The van der Waals surface area contributed by atoms with Crippen LogP contribution in [0.2, 0.25) is 0 Å². The number of guanidine groups is 1. The van der Waals surface area contributed by atoms with Crippen molar-refractivity contribution in [3.05, 3.63) is 30.0 Å². The summed E-state index contributed by atoms with van der Waals surface area (Å²) in [6.45, 7) is 1.19. The van der Waals surface area contributed by atoms with Crippen LogP contribution in [0.3, 0.4) is 0 Å². The second kappa shape index (κ2) is 33.0. The zero-order valence-electron chi connectivity index (χ0n) is 40.7. The summed E-state index contributed by atoms with van der Waals surface area (Å²) in [5.41, 5.74) is 39.0. The van der Waals surface area contributed by atoms with Gasteiger partial charge in [-0.1, -0.05) is 12.5 Å². The second-order valence-corrected chi connectivity index (χ2v) is 17.1. The number of carbonyl (C=O) groups is 9. The van der Waals surface area contributed by atoms with Crippen molar-refractivity contribution in [2.24, 2.45) is 45.1 Å². The highest BCUT2D eigenvalue weighted by Crippen LogP contribution is 2.20. The summed E-state index contributed by atoms with van der Waals surface area (Å²) in [7, 11) is 0. The lowest BCUT2D eigenvalue weighted by atomic mass is 10.1. The summed E-state index contributed by atoms with van der Waals surface area (Å²) in [6, 6.07) is -8.80. The van der Waals surface area contributed by atoms with Crippen molar-refractivity contribution < 1.29 is 53.4 Å². The third-order valence-electron chi connectivity index (χ3n) is 11.3. The van der Waals surface area contributed by atoms with Crippen LogP contribution in [0.15, 0.2) is 29.3 Å². The van der Waals surface area contributed by atoms with E-state index in [0.29, 0.717) is 44.3 Å². The number of nitrogens with two attached hydrogens (primary N) is 7. The number of nitrogens with one attached hydrogen (secondary N) is 8. The highest BCUT2D eigenvalue weighted by molar-refractivity contribution is 5.99. The molecule has 29 nitrogen and oxygen atoms in total. The number of aliphatic hydroxyl groups excluding tert-OH is 1. The van der Waals surface area contributed by atoms with Crippen molar-refractivity contribution >= 4 is 59.2 Å². The Labute approximate surface area is 417 Å². The highest BCUT2D eigenvalue weighted by Gasteiger charge is 2.39. The summed E-state index contributed by atoms with van der Waals surface area (Å²) in [6.07, 6.45) is 5.60. The molecule has 0 spiro atoms. The number of hydrogen-bond donors (Lipinski definition) is 17. The molecule has 29 heteroatoms. The van der Waals surface area contributed by atoms with E-state index >= 15 is 0 Å². The largest absolute Gasteiger partial charge is 0.477 e. The van der Waals surface area contributed by atoms with Gasteiger partial charge < -0.3 is 97.5 Å². The molecule has 3 unspecified atom stereocenters. The van der Waals surface area contributed by atoms with E-state index in [-0.39, 0.29) is 77.1 Å². The number of aliphatic hydroxyl groups is 1. The number of likely N-dealkylation sites (tertiary alicyclic amines) is 1. The molecule has 24 N–H and O–H groups in total. The van der Waals surface area contributed by atoms with E-state index in [9.17, 15) is 53.4 Å². The van der Waals surface area contributed by atoms with Crippen LogP contribution in [0, 0.1) is 0 Å². The molecule has 0 bridgehead atoms. The zero-order chi connectivity index (χ0) is 53.8. The average molecular weight is 1020 g/mol. The van der Waals surface area contributed by atoms with E-state index in [1.54, 1.807) is 0 Å². The highest BCUT2D eigenvalue weighted by atomic mass is 16.4. The number of amides is 8. The summed E-state index contributed by atoms with van der Waals surface area (Å²) >= 11 is 0. The number of rotatable bonds is 34. The smallest absolute Gasteiger partial charge is 0.352 e. The Bertz CT molecular complexity index is 2000. The molecule has 2 rings (SSSR count). The Morgan fingerprint density at radius 2 is 1.49 bits per heavy atom. The number of aromatic amines is 1. The van der Waals surface area contributed by atoms with Gasteiger partial charge in [0, 0.05) is 37.9 Å². The Hall–Kier alpha value is -6.79. The summed E-state index contributed by atoms with van der Waals surface area (Å²) in [5, 5.41) is 37.5. The fourth-order valence-electron chi connectivity index (χ4n) is 7.33.